The van der Waals surface area contributed by atoms with E-state index in [1.165, 1.54) is 23.1 Å². The summed E-state index contributed by atoms with van der Waals surface area (Å²) in [5, 5.41) is 21.2. The molecule has 0 bridgehead atoms. The lowest BCUT2D eigenvalue weighted by atomic mass is 9.88. The Morgan fingerprint density at radius 1 is 1.29 bits per heavy atom. The average Bonchev–Trinajstić information content (AvgIpc) is 2.98. The number of rotatable bonds is 5. The summed E-state index contributed by atoms with van der Waals surface area (Å²) in [7, 11) is 0. The molecule has 134 valence electrons. The second-order valence-electron chi connectivity index (χ2n) is 7.64. The predicted octanol–water partition coefficient (Wildman–Crippen LogP) is 2.73. The maximum Gasteiger partial charge on any atom is 0.0716 e. The highest BCUT2D eigenvalue weighted by atomic mass is 16.5. The van der Waals surface area contributed by atoms with Crippen LogP contribution in [0.15, 0.2) is 18.2 Å². The SMILES string of the molecule is Cc1cccc(C2CCCN2CC(O)CC2(O)CCOCC2)c1C. The zero-order valence-corrected chi connectivity index (χ0v) is 15.0. The average molecular weight is 333 g/mol. The zero-order valence-electron chi connectivity index (χ0n) is 15.0. The van der Waals surface area contributed by atoms with Gasteiger partial charge in [0.2, 0.25) is 0 Å². The third kappa shape index (κ3) is 3.99. The molecule has 0 amide bonds. The number of aliphatic hydroxyl groups is 2. The van der Waals surface area contributed by atoms with Crippen molar-refractivity contribution in [2.24, 2.45) is 0 Å². The molecule has 0 aromatic heterocycles. The van der Waals surface area contributed by atoms with Gasteiger partial charge >= 0.3 is 0 Å². The van der Waals surface area contributed by atoms with Crippen LogP contribution >= 0.6 is 0 Å². The number of hydrogen-bond acceptors (Lipinski definition) is 4. The fraction of sp³-hybridized carbons (Fsp3) is 0.700. The molecule has 4 nitrogen and oxygen atoms in total. The molecule has 1 aromatic rings. The van der Waals surface area contributed by atoms with Crippen LogP contribution in [0.25, 0.3) is 0 Å². The van der Waals surface area contributed by atoms with E-state index in [0.717, 1.165) is 13.0 Å². The number of β-amino-alcohol motifs (C(OH)–C–C–N with tert-alkyl or cyclic N) is 1. The van der Waals surface area contributed by atoms with Gasteiger partial charge in [-0.15, -0.1) is 0 Å². The van der Waals surface area contributed by atoms with Crippen LogP contribution in [0.2, 0.25) is 0 Å². The molecule has 0 radical (unpaired) electrons. The van der Waals surface area contributed by atoms with Crippen molar-refractivity contribution < 1.29 is 14.9 Å². The van der Waals surface area contributed by atoms with Crippen molar-refractivity contribution in [3.05, 3.63) is 34.9 Å². The van der Waals surface area contributed by atoms with Gasteiger partial charge < -0.3 is 14.9 Å². The molecule has 3 rings (SSSR count). The topological polar surface area (TPSA) is 52.9 Å². The number of aryl methyl sites for hydroxylation is 1. The van der Waals surface area contributed by atoms with Crippen LogP contribution in [0.5, 0.6) is 0 Å². The fourth-order valence-corrected chi connectivity index (χ4v) is 4.26. The summed E-state index contributed by atoms with van der Waals surface area (Å²) in [4.78, 5) is 2.40. The summed E-state index contributed by atoms with van der Waals surface area (Å²) in [5.74, 6) is 0. The first kappa shape index (κ1) is 17.9. The molecule has 2 fully saturated rings. The van der Waals surface area contributed by atoms with Crippen LogP contribution in [0, 0.1) is 13.8 Å². The van der Waals surface area contributed by atoms with Crippen molar-refractivity contribution in [3.8, 4) is 0 Å². The summed E-state index contributed by atoms with van der Waals surface area (Å²) in [5.41, 5.74) is 3.33. The van der Waals surface area contributed by atoms with E-state index in [2.05, 4.69) is 36.9 Å². The number of nitrogens with zero attached hydrogens (tertiary/aromatic N) is 1. The molecule has 0 spiro atoms. The van der Waals surface area contributed by atoms with Gasteiger partial charge in [-0.25, -0.2) is 0 Å². The first-order valence-corrected chi connectivity index (χ1v) is 9.27. The minimum atomic E-state index is -0.758. The Labute approximate surface area is 145 Å². The summed E-state index contributed by atoms with van der Waals surface area (Å²) in [6, 6.07) is 6.91. The molecular formula is C20H31NO3. The van der Waals surface area contributed by atoms with Gasteiger partial charge in [-0.05, 0) is 62.8 Å². The number of likely N-dealkylation sites (tertiary alicyclic amines) is 1. The lowest BCUT2D eigenvalue weighted by Crippen LogP contribution is -2.42. The quantitative estimate of drug-likeness (QED) is 0.870. The molecular weight excluding hydrogens is 302 g/mol. The van der Waals surface area contributed by atoms with Crippen LogP contribution < -0.4 is 0 Å². The van der Waals surface area contributed by atoms with Gasteiger partial charge in [-0.3, -0.25) is 4.90 Å². The molecule has 1 aromatic carbocycles. The van der Waals surface area contributed by atoms with Gasteiger partial charge in [-0.2, -0.15) is 0 Å². The normalized spacial score (nSPS) is 25.8. The van der Waals surface area contributed by atoms with Gasteiger partial charge in [0.1, 0.15) is 0 Å². The smallest absolute Gasteiger partial charge is 0.0716 e. The molecule has 24 heavy (non-hydrogen) atoms. The van der Waals surface area contributed by atoms with E-state index in [1.807, 2.05) is 0 Å². The first-order chi connectivity index (χ1) is 11.5. The highest BCUT2D eigenvalue weighted by molar-refractivity contribution is 5.35. The van der Waals surface area contributed by atoms with Gasteiger partial charge in [0.25, 0.3) is 0 Å². The van der Waals surface area contributed by atoms with Gasteiger partial charge in [0.15, 0.2) is 0 Å². The number of benzene rings is 1. The van der Waals surface area contributed by atoms with Gasteiger partial charge in [0.05, 0.1) is 11.7 Å². The molecule has 2 heterocycles. The minimum absolute atomic E-state index is 0.392. The zero-order chi connectivity index (χ0) is 17.2. The van der Waals surface area contributed by atoms with Crippen molar-refractivity contribution in [2.45, 2.75) is 63.7 Å². The minimum Gasteiger partial charge on any atom is -0.392 e. The summed E-state index contributed by atoms with van der Waals surface area (Å²) in [6.07, 6.45) is 3.54. The Bertz CT molecular complexity index is 554. The van der Waals surface area contributed by atoms with Crippen LogP contribution in [-0.2, 0) is 4.74 Å². The standard InChI is InChI=1S/C20H31NO3/c1-15-5-3-6-18(16(15)2)19-7-4-10-21(19)14-17(22)13-20(23)8-11-24-12-9-20/h3,5-6,17,19,22-23H,4,7-14H2,1-2H3. The Morgan fingerprint density at radius 2 is 2.04 bits per heavy atom. The first-order valence-electron chi connectivity index (χ1n) is 9.27. The molecule has 0 aliphatic carbocycles. The molecule has 4 heteroatoms. The van der Waals surface area contributed by atoms with Gasteiger partial charge in [0, 0.05) is 32.2 Å². The Kier molecular flexibility index (Phi) is 5.60. The van der Waals surface area contributed by atoms with Crippen molar-refractivity contribution in [1.82, 2.24) is 4.90 Å². The largest absolute Gasteiger partial charge is 0.392 e. The summed E-state index contributed by atoms with van der Waals surface area (Å²) >= 11 is 0. The molecule has 2 saturated heterocycles. The van der Waals surface area contributed by atoms with Crippen LogP contribution in [0.1, 0.15) is 54.8 Å². The van der Waals surface area contributed by atoms with E-state index >= 15 is 0 Å². The third-order valence-corrected chi connectivity index (χ3v) is 5.85. The van der Waals surface area contributed by atoms with Crippen LogP contribution in [0.4, 0.5) is 0 Å². The lowest BCUT2D eigenvalue weighted by Gasteiger charge is -2.35. The predicted molar refractivity (Wildman–Crippen MR) is 95.1 cm³/mol. The van der Waals surface area contributed by atoms with Crippen molar-refractivity contribution in [1.29, 1.82) is 0 Å². The summed E-state index contributed by atoms with van der Waals surface area (Å²) in [6.45, 7) is 7.21. The molecule has 2 aliphatic heterocycles. The Morgan fingerprint density at radius 3 is 2.79 bits per heavy atom. The summed E-state index contributed by atoms with van der Waals surface area (Å²) < 4.78 is 5.33. The molecule has 2 N–H and O–H groups in total. The van der Waals surface area contributed by atoms with E-state index in [4.69, 9.17) is 4.74 Å². The van der Waals surface area contributed by atoms with E-state index in [1.54, 1.807) is 0 Å². The second kappa shape index (κ2) is 7.52. The highest BCUT2D eigenvalue weighted by Crippen LogP contribution is 2.35. The fourth-order valence-electron chi connectivity index (χ4n) is 4.26. The van der Waals surface area contributed by atoms with E-state index < -0.39 is 11.7 Å². The van der Waals surface area contributed by atoms with Gasteiger partial charge in [-0.1, -0.05) is 18.2 Å². The van der Waals surface area contributed by atoms with Crippen molar-refractivity contribution in [3.63, 3.8) is 0 Å². The maximum absolute atomic E-state index is 10.6. The number of aliphatic hydroxyl groups excluding tert-OH is 1. The number of hydrogen-bond donors (Lipinski definition) is 2. The van der Waals surface area contributed by atoms with Crippen LogP contribution in [-0.4, -0.2) is 53.1 Å². The monoisotopic (exact) mass is 333 g/mol. The highest BCUT2D eigenvalue weighted by Gasteiger charge is 2.34. The molecule has 0 saturated carbocycles. The third-order valence-electron chi connectivity index (χ3n) is 5.85. The number of ether oxygens (including phenoxy) is 1. The second-order valence-corrected chi connectivity index (χ2v) is 7.64. The van der Waals surface area contributed by atoms with Crippen LogP contribution in [0.3, 0.4) is 0 Å². The molecule has 2 unspecified atom stereocenters. The maximum atomic E-state index is 10.6. The molecule has 2 aliphatic rings. The lowest BCUT2D eigenvalue weighted by molar-refractivity contribution is -0.0897. The van der Waals surface area contributed by atoms with E-state index in [-0.39, 0.29) is 0 Å². The Balaban J connectivity index is 1.64. The van der Waals surface area contributed by atoms with Crippen molar-refractivity contribution >= 4 is 0 Å². The van der Waals surface area contributed by atoms with E-state index in [9.17, 15) is 10.2 Å². The molecule has 2 atom stereocenters. The van der Waals surface area contributed by atoms with E-state index in [0.29, 0.717) is 45.1 Å². The Hall–Kier alpha value is -0.940. The van der Waals surface area contributed by atoms with Crippen molar-refractivity contribution in [2.75, 3.05) is 26.3 Å².